The Morgan fingerprint density at radius 1 is 0.614 bits per heavy atom. The highest BCUT2D eigenvalue weighted by Gasteiger charge is 2.53. The van der Waals surface area contributed by atoms with Gasteiger partial charge in [0.2, 0.25) is 5.91 Å². The first-order valence-electron chi connectivity index (χ1n) is 20.1. The summed E-state index contributed by atoms with van der Waals surface area (Å²) >= 11 is 0. The van der Waals surface area contributed by atoms with Gasteiger partial charge in [0.25, 0.3) is 0 Å². The molecule has 3 aliphatic heterocycles. The zero-order valence-corrected chi connectivity index (χ0v) is 32.8. The predicted octanol–water partition coefficient (Wildman–Crippen LogP) is -2.65. The smallest absolute Gasteiger partial charge is 0.220 e. The van der Waals surface area contributed by atoms with Gasteiger partial charge in [0.1, 0.15) is 73.2 Å². The van der Waals surface area contributed by atoms with E-state index in [0.717, 1.165) is 38.5 Å². The van der Waals surface area contributed by atoms with Gasteiger partial charge >= 0.3 is 0 Å². The van der Waals surface area contributed by atoms with Crippen LogP contribution in [0.4, 0.5) is 0 Å². The fourth-order valence-electron chi connectivity index (χ4n) is 6.73. The van der Waals surface area contributed by atoms with Gasteiger partial charge in [-0.3, -0.25) is 4.79 Å². The average molecular weight is 826 g/mol. The van der Waals surface area contributed by atoms with E-state index in [-0.39, 0.29) is 18.9 Å². The van der Waals surface area contributed by atoms with Gasteiger partial charge in [-0.05, 0) is 32.1 Å². The number of unbranched alkanes of at least 4 members (excludes halogenated alkanes) is 6. The Bertz CT molecular complexity index is 1180. The van der Waals surface area contributed by atoms with Crippen molar-refractivity contribution < 1.29 is 89.4 Å². The van der Waals surface area contributed by atoms with Crippen LogP contribution in [0.25, 0.3) is 0 Å². The van der Waals surface area contributed by atoms with E-state index in [0.29, 0.717) is 12.8 Å². The Balaban J connectivity index is 1.64. The quantitative estimate of drug-likeness (QED) is 0.0349. The second kappa shape index (κ2) is 25.8. The SMILES string of the molecule is CCCCC/C=C/CC/C=C/C(O)C(COC1OC(CO)C(OC2OC(CO)C(OC3OC(CO)C(O)C(O)C3O)C(O)C2O)C(O)C1O)NC(=O)CCCCC. The topological polar surface area (TPSA) is 307 Å². The Labute approximate surface area is 333 Å². The van der Waals surface area contributed by atoms with E-state index in [1.807, 2.05) is 6.92 Å². The van der Waals surface area contributed by atoms with E-state index in [2.05, 4.69) is 24.4 Å². The number of amides is 1. The van der Waals surface area contributed by atoms with Crippen molar-refractivity contribution in [3.63, 3.8) is 0 Å². The highest BCUT2D eigenvalue weighted by molar-refractivity contribution is 5.76. The van der Waals surface area contributed by atoms with Crippen LogP contribution in [0, 0.1) is 0 Å². The number of nitrogens with one attached hydrogen (secondary N) is 1. The summed E-state index contributed by atoms with van der Waals surface area (Å²) in [5.41, 5.74) is 0. The highest BCUT2D eigenvalue weighted by atomic mass is 16.8. The molecule has 3 rings (SSSR count). The molecule has 3 saturated heterocycles. The van der Waals surface area contributed by atoms with Gasteiger partial charge in [0.05, 0.1) is 38.6 Å². The molecule has 3 heterocycles. The molecule has 57 heavy (non-hydrogen) atoms. The molecule has 0 aromatic heterocycles. The number of aliphatic hydroxyl groups is 11. The van der Waals surface area contributed by atoms with Crippen LogP contribution >= 0.6 is 0 Å². The molecule has 0 bridgehead atoms. The van der Waals surface area contributed by atoms with Gasteiger partial charge in [-0.2, -0.15) is 0 Å². The molecule has 3 aliphatic rings. The van der Waals surface area contributed by atoms with E-state index >= 15 is 0 Å². The summed E-state index contributed by atoms with van der Waals surface area (Å²) in [6, 6.07) is -0.977. The molecule has 0 saturated carbocycles. The molecule has 332 valence electrons. The number of hydrogen-bond donors (Lipinski definition) is 12. The molecule has 12 N–H and O–H groups in total. The molecule has 0 radical (unpaired) electrons. The number of carbonyl (C=O) groups is 1. The predicted molar refractivity (Wildman–Crippen MR) is 199 cm³/mol. The average Bonchev–Trinajstić information content (AvgIpc) is 3.20. The maximum atomic E-state index is 12.7. The number of rotatable bonds is 24. The van der Waals surface area contributed by atoms with Crippen LogP contribution in [0.5, 0.6) is 0 Å². The van der Waals surface area contributed by atoms with Crippen molar-refractivity contribution in [1.29, 1.82) is 0 Å². The fraction of sp³-hybridized carbons (Fsp3) is 0.868. The summed E-state index contributed by atoms with van der Waals surface area (Å²) in [4.78, 5) is 12.7. The highest BCUT2D eigenvalue weighted by Crippen LogP contribution is 2.32. The monoisotopic (exact) mass is 825 g/mol. The summed E-state index contributed by atoms with van der Waals surface area (Å²) in [5.74, 6) is -0.318. The van der Waals surface area contributed by atoms with Crippen molar-refractivity contribution in [2.75, 3.05) is 26.4 Å². The number of hydrogen-bond acceptors (Lipinski definition) is 18. The van der Waals surface area contributed by atoms with E-state index in [1.165, 1.54) is 6.42 Å². The summed E-state index contributed by atoms with van der Waals surface area (Å²) in [7, 11) is 0. The summed E-state index contributed by atoms with van der Waals surface area (Å²) in [6.45, 7) is 1.36. The third-order valence-corrected chi connectivity index (χ3v) is 10.3. The first kappa shape index (κ1) is 49.6. The van der Waals surface area contributed by atoms with Gasteiger partial charge in [-0.15, -0.1) is 0 Å². The van der Waals surface area contributed by atoms with E-state index in [4.69, 9.17) is 28.4 Å². The largest absolute Gasteiger partial charge is 0.394 e. The lowest BCUT2D eigenvalue weighted by Crippen LogP contribution is -2.66. The van der Waals surface area contributed by atoms with Gasteiger partial charge in [0, 0.05) is 6.42 Å². The Morgan fingerprint density at radius 2 is 1.11 bits per heavy atom. The van der Waals surface area contributed by atoms with Crippen molar-refractivity contribution in [3.8, 4) is 0 Å². The second-order valence-corrected chi connectivity index (χ2v) is 14.7. The van der Waals surface area contributed by atoms with Crippen molar-refractivity contribution in [3.05, 3.63) is 24.3 Å². The molecule has 0 spiro atoms. The number of allylic oxidation sites excluding steroid dienone is 3. The molecule has 19 nitrogen and oxygen atoms in total. The van der Waals surface area contributed by atoms with Gasteiger partial charge in [-0.1, -0.05) is 63.8 Å². The number of carbonyl (C=O) groups excluding carboxylic acids is 1. The minimum absolute atomic E-state index is 0.220. The minimum atomic E-state index is -1.97. The summed E-state index contributed by atoms with van der Waals surface area (Å²) < 4.78 is 33.7. The zero-order valence-electron chi connectivity index (χ0n) is 32.8. The summed E-state index contributed by atoms with van der Waals surface area (Å²) in [5, 5.41) is 118. The zero-order chi connectivity index (χ0) is 42.1. The van der Waals surface area contributed by atoms with Crippen LogP contribution in [0.15, 0.2) is 24.3 Å². The maximum absolute atomic E-state index is 12.7. The third kappa shape index (κ3) is 14.5. The van der Waals surface area contributed by atoms with Crippen LogP contribution in [0.2, 0.25) is 0 Å². The van der Waals surface area contributed by atoms with Crippen molar-refractivity contribution >= 4 is 5.91 Å². The van der Waals surface area contributed by atoms with Crippen molar-refractivity contribution in [1.82, 2.24) is 5.32 Å². The Kier molecular flexibility index (Phi) is 22.5. The molecule has 19 heteroatoms. The van der Waals surface area contributed by atoms with E-state index < -0.39 is 124 Å². The van der Waals surface area contributed by atoms with Gasteiger partial charge in [-0.25, -0.2) is 0 Å². The molecule has 17 atom stereocenters. The second-order valence-electron chi connectivity index (χ2n) is 14.7. The van der Waals surface area contributed by atoms with Crippen LogP contribution in [-0.2, 0) is 33.2 Å². The molecular formula is C38H67NO18. The van der Waals surface area contributed by atoms with Crippen LogP contribution in [0.1, 0.15) is 78.1 Å². The molecule has 1 amide bonds. The Hall–Kier alpha value is -1.73. The minimum Gasteiger partial charge on any atom is -0.394 e. The number of ether oxygens (including phenoxy) is 6. The molecule has 3 fully saturated rings. The van der Waals surface area contributed by atoms with Crippen LogP contribution < -0.4 is 5.32 Å². The summed E-state index contributed by atoms with van der Waals surface area (Å²) in [6.07, 6.45) is -10.8. The molecular weight excluding hydrogens is 758 g/mol. The third-order valence-electron chi connectivity index (χ3n) is 10.3. The lowest BCUT2D eigenvalue weighted by atomic mass is 9.96. The standard InChI is InChI=1S/C38H67NO18/c1-3-5-7-8-9-10-11-12-14-15-22(43)21(39-26(44)16-13-6-4-2)20-52-36-32(50)29(47)34(24(18-41)54-36)57-38-33(51)30(48)35(25(19-42)55-38)56-37-31(49)28(46)27(45)23(17-40)53-37/h9-10,14-15,21-25,27-38,40-43,45-51H,3-8,11-13,16-20H2,1-2H3,(H,39,44)/b10-9+,15-14+. The normalized spacial score (nSPS) is 37.5. The maximum Gasteiger partial charge on any atom is 0.220 e. The number of aliphatic hydroxyl groups excluding tert-OH is 11. The first-order chi connectivity index (χ1) is 27.3. The van der Waals surface area contributed by atoms with E-state index in [1.54, 1.807) is 12.2 Å². The van der Waals surface area contributed by atoms with Crippen LogP contribution in [0.3, 0.4) is 0 Å². The lowest BCUT2D eigenvalue weighted by molar-refractivity contribution is -0.379. The molecule has 0 aliphatic carbocycles. The first-order valence-corrected chi connectivity index (χ1v) is 20.1. The molecule has 0 aromatic carbocycles. The van der Waals surface area contributed by atoms with Gasteiger partial charge < -0.3 is 89.9 Å². The van der Waals surface area contributed by atoms with Crippen molar-refractivity contribution in [2.45, 2.75) is 182 Å². The molecule has 17 unspecified atom stereocenters. The Morgan fingerprint density at radius 3 is 1.68 bits per heavy atom. The lowest BCUT2D eigenvalue weighted by Gasteiger charge is -2.48. The van der Waals surface area contributed by atoms with Crippen LogP contribution in [-0.4, -0.2) is 193 Å². The van der Waals surface area contributed by atoms with Crippen molar-refractivity contribution in [2.24, 2.45) is 0 Å². The van der Waals surface area contributed by atoms with E-state index in [9.17, 15) is 61.0 Å². The fourth-order valence-corrected chi connectivity index (χ4v) is 6.73. The van der Waals surface area contributed by atoms with Gasteiger partial charge in [0.15, 0.2) is 18.9 Å². The molecule has 0 aromatic rings.